The normalized spacial score (nSPS) is 18.9. The van der Waals surface area contributed by atoms with Crippen molar-refractivity contribution in [2.45, 2.75) is 32.2 Å². The molecule has 1 aromatic heterocycles. The molecule has 1 unspecified atom stereocenters. The molecule has 8 heteroatoms. The molecule has 150 valence electrons. The number of ether oxygens (including phenoxy) is 2. The minimum Gasteiger partial charge on any atom is -0.461 e. The number of anilines is 2. The van der Waals surface area contributed by atoms with Gasteiger partial charge in [0.25, 0.3) is 0 Å². The third-order valence-corrected chi connectivity index (χ3v) is 5.16. The summed E-state index contributed by atoms with van der Waals surface area (Å²) >= 11 is 0. The van der Waals surface area contributed by atoms with Crippen LogP contribution in [0.3, 0.4) is 0 Å². The zero-order valence-electron chi connectivity index (χ0n) is 16.3. The quantitative estimate of drug-likeness (QED) is 0.666. The van der Waals surface area contributed by atoms with E-state index in [1.807, 2.05) is 4.90 Å². The fourth-order valence-electron chi connectivity index (χ4n) is 3.65. The van der Waals surface area contributed by atoms with Gasteiger partial charge in [0.2, 0.25) is 0 Å². The van der Waals surface area contributed by atoms with E-state index in [0.717, 1.165) is 18.1 Å². The molecule has 1 atom stereocenters. The van der Waals surface area contributed by atoms with Crippen molar-refractivity contribution in [1.29, 1.82) is 0 Å². The first-order valence-electron chi connectivity index (χ1n) is 9.80. The van der Waals surface area contributed by atoms with Crippen LogP contribution in [0.1, 0.15) is 24.0 Å². The smallest absolute Gasteiger partial charge is 0.318 e. The molecule has 0 saturated carbocycles. The number of nitrogens with one attached hydrogen (secondary N) is 1. The summed E-state index contributed by atoms with van der Waals surface area (Å²) in [5.41, 5.74) is 9.63. The van der Waals surface area contributed by atoms with Crippen molar-refractivity contribution >= 4 is 11.5 Å². The molecule has 0 bridgehead atoms. The second-order valence-electron chi connectivity index (χ2n) is 7.25. The summed E-state index contributed by atoms with van der Waals surface area (Å²) < 4.78 is 10.5. The maximum atomic E-state index is 6.27. The Morgan fingerprint density at radius 1 is 1.11 bits per heavy atom. The van der Waals surface area contributed by atoms with E-state index in [-0.39, 0.29) is 6.29 Å². The Hall–Kier alpha value is -2.42. The predicted octanol–water partition coefficient (Wildman–Crippen LogP) is 1.77. The number of benzene rings is 1. The highest BCUT2D eigenvalue weighted by Gasteiger charge is 2.28. The first-order valence-corrected chi connectivity index (χ1v) is 9.80. The molecular formula is C20H28N6O2. The Morgan fingerprint density at radius 3 is 2.54 bits per heavy atom. The van der Waals surface area contributed by atoms with Gasteiger partial charge >= 0.3 is 6.01 Å². The first kappa shape index (κ1) is 18.9. The molecule has 0 spiro atoms. The molecule has 2 aliphatic rings. The third-order valence-electron chi connectivity index (χ3n) is 5.16. The summed E-state index contributed by atoms with van der Waals surface area (Å²) in [6, 6.07) is 9.10. The maximum absolute atomic E-state index is 6.27. The van der Waals surface area contributed by atoms with Crippen LogP contribution in [0, 0.1) is 0 Å². The summed E-state index contributed by atoms with van der Waals surface area (Å²) in [5.74, 6) is 0.760. The van der Waals surface area contributed by atoms with Crippen molar-refractivity contribution in [3.05, 3.63) is 41.6 Å². The molecular weight excluding hydrogens is 356 g/mol. The highest BCUT2D eigenvalue weighted by Crippen LogP contribution is 2.33. The van der Waals surface area contributed by atoms with Crippen molar-refractivity contribution < 1.29 is 9.47 Å². The van der Waals surface area contributed by atoms with Crippen LogP contribution in [-0.2, 0) is 17.8 Å². The van der Waals surface area contributed by atoms with Gasteiger partial charge in [-0.2, -0.15) is 4.98 Å². The van der Waals surface area contributed by atoms with Crippen molar-refractivity contribution in [1.82, 2.24) is 14.9 Å². The maximum Gasteiger partial charge on any atom is 0.318 e. The minimum absolute atomic E-state index is 0.331. The standard InChI is InChI=1S/C20H28N6O2/c1-27-10-11-28-20-22-12-17-18(24-20)26(19(21)23-17)14-16-6-4-15(5-7-16)13-25-8-2-3-9-25/h4-7,12,19,23H,2-3,8-11,13-14,21H2,1H3. The molecule has 2 aliphatic heterocycles. The summed E-state index contributed by atoms with van der Waals surface area (Å²) in [5, 5.41) is 3.21. The van der Waals surface area contributed by atoms with Crippen molar-refractivity contribution in [3.63, 3.8) is 0 Å². The van der Waals surface area contributed by atoms with E-state index in [0.29, 0.717) is 25.8 Å². The van der Waals surface area contributed by atoms with E-state index in [1.54, 1.807) is 13.3 Å². The van der Waals surface area contributed by atoms with Crippen molar-refractivity contribution in [3.8, 4) is 6.01 Å². The number of aromatic nitrogens is 2. The van der Waals surface area contributed by atoms with Gasteiger partial charge in [0.05, 0.1) is 18.5 Å². The molecule has 28 heavy (non-hydrogen) atoms. The van der Waals surface area contributed by atoms with E-state index in [2.05, 4.69) is 44.5 Å². The fraction of sp³-hybridized carbons (Fsp3) is 0.500. The lowest BCUT2D eigenvalue weighted by Crippen LogP contribution is -2.42. The van der Waals surface area contributed by atoms with Gasteiger partial charge in [0, 0.05) is 20.2 Å². The molecule has 3 N–H and O–H groups in total. The number of nitrogens with two attached hydrogens (primary N) is 1. The topological polar surface area (TPSA) is 88.8 Å². The molecule has 8 nitrogen and oxygen atoms in total. The monoisotopic (exact) mass is 384 g/mol. The molecule has 1 fully saturated rings. The molecule has 1 aromatic carbocycles. The Bertz CT molecular complexity index is 779. The van der Waals surface area contributed by atoms with Crippen molar-refractivity contribution in [2.24, 2.45) is 5.73 Å². The number of methoxy groups -OCH3 is 1. The van der Waals surface area contributed by atoms with Gasteiger partial charge in [-0.25, -0.2) is 4.98 Å². The van der Waals surface area contributed by atoms with Crippen LogP contribution in [0.2, 0.25) is 0 Å². The molecule has 2 aromatic rings. The molecule has 0 amide bonds. The SMILES string of the molecule is COCCOc1ncc2c(n1)N(Cc1ccc(CN3CCCC3)cc1)C(N)N2. The number of hydrogen-bond acceptors (Lipinski definition) is 8. The van der Waals surface area contributed by atoms with Gasteiger partial charge < -0.3 is 19.7 Å². The number of fused-ring (bicyclic) bond motifs is 1. The van der Waals surface area contributed by atoms with Crippen LogP contribution in [-0.4, -0.2) is 54.6 Å². The van der Waals surface area contributed by atoms with Gasteiger partial charge in [-0.05, 0) is 37.1 Å². The summed E-state index contributed by atoms with van der Waals surface area (Å²) in [7, 11) is 1.63. The van der Waals surface area contributed by atoms with Crippen LogP contribution in [0.25, 0.3) is 0 Å². The average molecular weight is 384 g/mol. The van der Waals surface area contributed by atoms with Gasteiger partial charge in [0.1, 0.15) is 6.61 Å². The van der Waals surface area contributed by atoms with E-state index in [1.165, 1.54) is 37.1 Å². The van der Waals surface area contributed by atoms with E-state index in [4.69, 9.17) is 15.2 Å². The van der Waals surface area contributed by atoms with Crippen LogP contribution >= 0.6 is 0 Å². The van der Waals surface area contributed by atoms with Crippen LogP contribution in [0.15, 0.2) is 30.5 Å². The lowest BCUT2D eigenvalue weighted by molar-refractivity contribution is 0.141. The molecule has 0 aliphatic carbocycles. The molecule has 1 saturated heterocycles. The van der Waals surface area contributed by atoms with E-state index in [9.17, 15) is 0 Å². The Labute approximate surface area is 165 Å². The number of likely N-dealkylation sites (tertiary alicyclic amines) is 1. The Morgan fingerprint density at radius 2 is 1.82 bits per heavy atom. The average Bonchev–Trinajstić information content (AvgIpc) is 3.32. The summed E-state index contributed by atoms with van der Waals surface area (Å²) in [4.78, 5) is 13.3. The van der Waals surface area contributed by atoms with Gasteiger partial charge in [-0.3, -0.25) is 10.6 Å². The second kappa shape index (κ2) is 8.72. The zero-order chi connectivity index (χ0) is 19.3. The Kier molecular flexibility index (Phi) is 5.90. The molecule has 4 rings (SSSR count). The number of nitrogens with zero attached hydrogens (tertiary/aromatic N) is 4. The minimum atomic E-state index is -0.345. The molecule has 3 heterocycles. The second-order valence-corrected chi connectivity index (χ2v) is 7.25. The van der Waals surface area contributed by atoms with Gasteiger partial charge in [0.15, 0.2) is 12.1 Å². The lowest BCUT2D eigenvalue weighted by Gasteiger charge is -2.23. The first-order chi connectivity index (χ1) is 13.7. The highest BCUT2D eigenvalue weighted by atomic mass is 16.5. The highest BCUT2D eigenvalue weighted by molar-refractivity contribution is 5.71. The molecule has 0 radical (unpaired) electrons. The summed E-state index contributed by atoms with van der Waals surface area (Å²) in [6.45, 7) is 5.02. The van der Waals surface area contributed by atoms with Gasteiger partial charge in [-0.1, -0.05) is 24.3 Å². The summed E-state index contributed by atoms with van der Waals surface area (Å²) in [6.07, 6.45) is 4.00. The van der Waals surface area contributed by atoms with Crippen molar-refractivity contribution in [2.75, 3.05) is 43.6 Å². The van der Waals surface area contributed by atoms with Crippen LogP contribution in [0.5, 0.6) is 6.01 Å². The Balaban J connectivity index is 1.42. The largest absolute Gasteiger partial charge is 0.461 e. The number of hydrogen-bond donors (Lipinski definition) is 2. The fourth-order valence-corrected chi connectivity index (χ4v) is 3.65. The van der Waals surface area contributed by atoms with Gasteiger partial charge in [-0.15, -0.1) is 0 Å². The zero-order valence-corrected chi connectivity index (χ0v) is 16.3. The lowest BCUT2D eigenvalue weighted by atomic mass is 10.1. The predicted molar refractivity (Wildman–Crippen MR) is 108 cm³/mol. The van der Waals surface area contributed by atoms with E-state index >= 15 is 0 Å². The van der Waals surface area contributed by atoms with Crippen LogP contribution < -0.4 is 20.7 Å². The number of rotatable bonds is 8. The van der Waals surface area contributed by atoms with E-state index < -0.39 is 0 Å². The van der Waals surface area contributed by atoms with Crippen LogP contribution in [0.4, 0.5) is 11.5 Å². The third kappa shape index (κ3) is 4.35.